The molecule has 1 N–H and O–H groups in total. The molecule has 0 spiro atoms. The number of rotatable bonds is 6. The third-order valence-corrected chi connectivity index (χ3v) is 6.46. The Morgan fingerprint density at radius 2 is 2.17 bits per heavy atom. The van der Waals surface area contributed by atoms with Gasteiger partial charge in [-0.1, -0.05) is 24.6 Å². The summed E-state index contributed by atoms with van der Waals surface area (Å²) in [4.78, 5) is 13.9. The highest BCUT2D eigenvalue weighted by Crippen LogP contribution is 2.48. The molecule has 4 atom stereocenters. The van der Waals surface area contributed by atoms with Gasteiger partial charge in [0.2, 0.25) is 0 Å². The van der Waals surface area contributed by atoms with E-state index in [4.69, 9.17) is 4.74 Å². The van der Waals surface area contributed by atoms with Crippen molar-refractivity contribution < 1.29 is 14.6 Å². The van der Waals surface area contributed by atoms with E-state index in [9.17, 15) is 9.90 Å². The predicted octanol–water partition coefficient (Wildman–Crippen LogP) is 4.54. The number of carbonyl (C=O) groups is 1. The van der Waals surface area contributed by atoms with Crippen molar-refractivity contribution in [1.82, 2.24) is 4.90 Å². The molecule has 2 fully saturated rings. The highest BCUT2D eigenvalue weighted by molar-refractivity contribution is 14.1. The van der Waals surface area contributed by atoms with Crippen LogP contribution < -0.4 is 0 Å². The maximum atomic E-state index is 12.1. The van der Waals surface area contributed by atoms with Crippen molar-refractivity contribution in [3.8, 4) is 0 Å². The number of halogens is 1. The summed E-state index contributed by atoms with van der Waals surface area (Å²) in [6.07, 6.45) is 4.61. The normalized spacial score (nSPS) is 27.1. The third-order valence-electron chi connectivity index (χ3n) is 5.47. The highest BCUT2D eigenvalue weighted by atomic mass is 127. The lowest BCUT2D eigenvalue weighted by atomic mass is 9.91. The average Bonchev–Trinajstić information content (AvgIpc) is 3.14. The molecule has 1 aromatic carbocycles. The fourth-order valence-electron chi connectivity index (χ4n) is 4.48. The van der Waals surface area contributed by atoms with Gasteiger partial charge in [0.1, 0.15) is 0 Å². The molecule has 5 heteroatoms. The quantitative estimate of drug-likeness (QED) is 0.676. The zero-order valence-corrected chi connectivity index (χ0v) is 15.6. The van der Waals surface area contributed by atoms with Gasteiger partial charge in [0.05, 0.1) is 6.04 Å². The number of methoxy groups -OCH3 is 1. The minimum atomic E-state index is -0.789. The van der Waals surface area contributed by atoms with E-state index in [1.807, 2.05) is 12.1 Å². The van der Waals surface area contributed by atoms with Gasteiger partial charge in [0.25, 0.3) is 0 Å². The Hall–Kier alpha value is -0.820. The van der Waals surface area contributed by atoms with Crippen molar-refractivity contribution in [2.75, 3.05) is 13.7 Å². The SMILES string of the molecule is COCC[C@@H](c1ccccc1I)N(C(=O)O)C1CC2CCC1C2. The second-order valence-electron chi connectivity index (χ2n) is 6.75. The monoisotopic (exact) mass is 429 g/mol. The van der Waals surface area contributed by atoms with E-state index in [1.54, 1.807) is 12.0 Å². The second-order valence-corrected chi connectivity index (χ2v) is 7.91. The average molecular weight is 429 g/mol. The molecule has 3 rings (SSSR count). The summed E-state index contributed by atoms with van der Waals surface area (Å²) < 4.78 is 6.39. The van der Waals surface area contributed by atoms with Crippen LogP contribution in [0.15, 0.2) is 24.3 Å². The maximum absolute atomic E-state index is 12.1. The van der Waals surface area contributed by atoms with Crippen LogP contribution in [0.2, 0.25) is 0 Å². The highest BCUT2D eigenvalue weighted by Gasteiger charge is 2.46. The van der Waals surface area contributed by atoms with Gasteiger partial charge in [-0.05, 0) is 71.7 Å². The van der Waals surface area contributed by atoms with Crippen LogP contribution in [-0.4, -0.2) is 35.9 Å². The molecule has 0 aliphatic heterocycles. The first-order valence-corrected chi connectivity index (χ1v) is 9.44. The van der Waals surface area contributed by atoms with Crippen molar-refractivity contribution >= 4 is 28.7 Å². The lowest BCUT2D eigenvalue weighted by Crippen LogP contribution is -2.45. The summed E-state index contributed by atoms with van der Waals surface area (Å²) in [6, 6.07) is 8.16. The minimum Gasteiger partial charge on any atom is -0.465 e. The first-order chi connectivity index (χ1) is 11.1. The number of hydrogen-bond acceptors (Lipinski definition) is 2. The van der Waals surface area contributed by atoms with Crippen molar-refractivity contribution in [1.29, 1.82) is 0 Å². The van der Waals surface area contributed by atoms with Crippen LogP contribution in [0.4, 0.5) is 4.79 Å². The Labute approximate surface area is 151 Å². The molecular weight excluding hydrogens is 405 g/mol. The van der Waals surface area contributed by atoms with Crippen molar-refractivity contribution in [3.05, 3.63) is 33.4 Å². The smallest absolute Gasteiger partial charge is 0.408 e. The molecule has 0 heterocycles. The fraction of sp³-hybridized carbons (Fsp3) is 0.611. The molecule has 3 unspecified atom stereocenters. The van der Waals surface area contributed by atoms with Crippen LogP contribution in [0.3, 0.4) is 0 Å². The van der Waals surface area contributed by atoms with Gasteiger partial charge in [0.15, 0.2) is 0 Å². The van der Waals surface area contributed by atoms with E-state index >= 15 is 0 Å². The van der Waals surface area contributed by atoms with Gasteiger partial charge in [-0.25, -0.2) is 4.79 Å². The van der Waals surface area contributed by atoms with Crippen molar-refractivity contribution in [2.24, 2.45) is 11.8 Å². The second kappa shape index (κ2) is 7.38. The van der Waals surface area contributed by atoms with E-state index in [-0.39, 0.29) is 12.1 Å². The molecule has 2 saturated carbocycles. The molecule has 126 valence electrons. The van der Waals surface area contributed by atoms with Crippen LogP contribution in [-0.2, 0) is 4.74 Å². The number of carboxylic acid groups (broad SMARTS) is 1. The van der Waals surface area contributed by atoms with E-state index in [2.05, 4.69) is 34.7 Å². The summed E-state index contributed by atoms with van der Waals surface area (Å²) >= 11 is 2.31. The maximum Gasteiger partial charge on any atom is 0.408 e. The van der Waals surface area contributed by atoms with Crippen LogP contribution in [0, 0.1) is 15.4 Å². The number of hydrogen-bond donors (Lipinski definition) is 1. The lowest BCUT2D eigenvalue weighted by Gasteiger charge is -2.39. The Morgan fingerprint density at radius 1 is 1.39 bits per heavy atom. The first kappa shape index (κ1) is 17.0. The van der Waals surface area contributed by atoms with E-state index in [0.717, 1.165) is 21.5 Å². The molecule has 0 saturated heterocycles. The molecule has 2 aliphatic carbocycles. The zero-order valence-electron chi connectivity index (χ0n) is 13.5. The van der Waals surface area contributed by atoms with Crippen molar-refractivity contribution in [3.63, 3.8) is 0 Å². The number of benzene rings is 1. The van der Waals surface area contributed by atoms with Crippen LogP contribution in [0.25, 0.3) is 0 Å². The van der Waals surface area contributed by atoms with Gasteiger partial charge >= 0.3 is 6.09 Å². The van der Waals surface area contributed by atoms with E-state index in [1.165, 1.54) is 19.3 Å². The number of fused-ring (bicyclic) bond motifs is 2. The number of amides is 1. The standard InChI is InChI=1S/C18H24INO3/c1-23-9-8-16(14-4-2-3-5-15(14)19)20(18(21)22)17-11-12-6-7-13(17)10-12/h2-5,12-13,16-17H,6-11H2,1H3,(H,21,22)/t12?,13?,16-,17?/m0/s1. The molecule has 4 nitrogen and oxygen atoms in total. The summed E-state index contributed by atoms with van der Waals surface area (Å²) in [5, 5.41) is 9.97. The predicted molar refractivity (Wildman–Crippen MR) is 97.5 cm³/mol. The number of ether oxygens (including phenoxy) is 1. The van der Waals surface area contributed by atoms with Crippen molar-refractivity contribution in [2.45, 2.75) is 44.2 Å². The third kappa shape index (κ3) is 3.50. The van der Waals surface area contributed by atoms with Gasteiger partial charge in [0, 0.05) is 23.3 Å². The van der Waals surface area contributed by atoms with Gasteiger partial charge in [-0.15, -0.1) is 0 Å². The van der Waals surface area contributed by atoms with E-state index < -0.39 is 6.09 Å². The Kier molecular flexibility index (Phi) is 5.46. The van der Waals surface area contributed by atoms with Gasteiger partial charge in [-0.2, -0.15) is 0 Å². The first-order valence-electron chi connectivity index (χ1n) is 8.36. The molecule has 23 heavy (non-hydrogen) atoms. The Bertz CT molecular complexity index is 565. The largest absolute Gasteiger partial charge is 0.465 e. The van der Waals surface area contributed by atoms with Gasteiger partial charge < -0.3 is 9.84 Å². The van der Waals surface area contributed by atoms with E-state index in [0.29, 0.717) is 18.9 Å². The molecule has 2 bridgehead atoms. The Morgan fingerprint density at radius 3 is 2.74 bits per heavy atom. The van der Waals surface area contributed by atoms with Crippen LogP contribution >= 0.6 is 22.6 Å². The van der Waals surface area contributed by atoms with Crippen LogP contribution in [0.1, 0.15) is 43.7 Å². The summed E-state index contributed by atoms with van der Waals surface area (Å²) in [6.45, 7) is 0.570. The topological polar surface area (TPSA) is 49.8 Å². The molecule has 1 amide bonds. The fourth-order valence-corrected chi connectivity index (χ4v) is 5.22. The van der Waals surface area contributed by atoms with Crippen LogP contribution in [0.5, 0.6) is 0 Å². The van der Waals surface area contributed by atoms with Gasteiger partial charge in [-0.3, -0.25) is 4.90 Å². The molecular formula is C18H24INO3. The summed E-state index contributed by atoms with van der Waals surface area (Å²) in [5.74, 6) is 1.27. The molecule has 1 aromatic rings. The molecule has 2 aliphatic rings. The molecule has 0 radical (unpaired) electrons. The summed E-state index contributed by atoms with van der Waals surface area (Å²) in [7, 11) is 1.68. The lowest BCUT2D eigenvalue weighted by molar-refractivity contribution is 0.0622. The zero-order chi connectivity index (χ0) is 16.4. The molecule has 0 aromatic heterocycles. The Balaban J connectivity index is 1.92. The minimum absolute atomic E-state index is 0.120. The number of nitrogens with zero attached hydrogens (tertiary/aromatic N) is 1. The summed E-state index contributed by atoms with van der Waals surface area (Å²) in [5.41, 5.74) is 1.11.